The van der Waals surface area contributed by atoms with E-state index in [0.29, 0.717) is 36.6 Å². The van der Waals surface area contributed by atoms with Crippen LogP contribution in [0.4, 0.5) is 0 Å². The van der Waals surface area contributed by atoms with Gasteiger partial charge in [0.05, 0.1) is 6.61 Å². The van der Waals surface area contributed by atoms with E-state index in [-0.39, 0.29) is 11.8 Å². The maximum absolute atomic E-state index is 12.2. The lowest BCUT2D eigenvalue weighted by molar-refractivity contribution is 0.0943. The molecule has 0 fully saturated rings. The second-order valence-corrected chi connectivity index (χ2v) is 5.20. The summed E-state index contributed by atoms with van der Waals surface area (Å²) in [6, 6.07) is 14.3. The van der Waals surface area contributed by atoms with Gasteiger partial charge in [0.1, 0.15) is 5.75 Å². The van der Waals surface area contributed by atoms with E-state index in [1.807, 2.05) is 32.0 Å². The Hall–Kier alpha value is -2.82. The molecule has 0 aliphatic rings. The summed E-state index contributed by atoms with van der Waals surface area (Å²) in [6.07, 6.45) is 0. The van der Waals surface area contributed by atoms with Crippen molar-refractivity contribution in [2.75, 3.05) is 13.2 Å². The largest absolute Gasteiger partial charge is 0.494 e. The summed E-state index contributed by atoms with van der Waals surface area (Å²) in [7, 11) is 0. The first kappa shape index (κ1) is 17.5. The molecule has 5 heteroatoms. The molecule has 5 nitrogen and oxygen atoms in total. The number of nitrogens with one attached hydrogen (secondary N) is 2. The van der Waals surface area contributed by atoms with Crippen molar-refractivity contribution in [2.24, 2.45) is 0 Å². The van der Waals surface area contributed by atoms with Crippen molar-refractivity contribution in [3.05, 3.63) is 65.2 Å². The van der Waals surface area contributed by atoms with Crippen LogP contribution in [0.5, 0.6) is 5.75 Å². The monoisotopic (exact) mass is 326 g/mol. The molecule has 2 N–H and O–H groups in total. The van der Waals surface area contributed by atoms with Gasteiger partial charge in [-0.05, 0) is 49.7 Å². The van der Waals surface area contributed by atoms with Crippen LogP contribution in [0.1, 0.15) is 40.1 Å². The van der Waals surface area contributed by atoms with Crippen LogP contribution in [0, 0.1) is 0 Å². The molecule has 0 spiro atoms. The molecule has 0 aliphatic carbocycles. The fourth-order valence-corrected chi connectivity index (χ4v) is 2.21. The molecule has 0 saturated carbocycles. The molecule has 2 amide bonds. The van der Waals surface area contributed by atoms with Gasteiger partial charge in [0.15, 0.2) is 0 Å². The molecular formula is C19H22N2O3. The van der Waals surface area contributed by atoms with Crippen LogP contribution in [0.15, 0.2) is 48.5 Å². The van der Waals surface area contributed by atoms with Crippen LogP contribution in [0.25, 0.3) is 0 Å². The minimum Gasteiger partial charge on any atom is -0.494 e. The van der Waals surface area contributed by atoms with Crippen molar-refractivity contribution < 1.29 is 14.3 Å². The van der Waals surface area contributed by atoms with Gasteiger partial charge in [-0.3, -0.25) is 9.59 Å². The number of amides is 2. The zero-order valence-electron chi connectivity index (χ0n) is 14.0. The number of hydrogen-bond donors (Lipinski definition) is 2. The van der Waals surface area contributed by atoms with Crippen molar-refractivity contribution in [1.29, 1.82) is 0 Å². The quantitative estimate of drug-likeness (QED) is 0.822. The standard InChI is InChI=1S/C19H22N2O3/c1-3-20-18(22)15-10-8-14(9-11-15)13-21-19(23)16-6-5-7-17(12-16)24-4-2/h5-12H,3-4,13H2,1-2H3,(H,20,22)(H,21,23). The second-order valence-electron chi connectivity index (χ2n) is 5.20. The van der Waals surface area contributed by atoms with Crippen LogP contribution < -0.4 is 15.4 Å². The number of rotatable bonds is 7. The minimum absolute atomic E-state index is 0.0965. The van der Waals surface area contributed by atoms with E-state index in [4.69, 9.17) is 4.74 Å². The Morgan fingerprint density at radius 3 is 2.29 bits per heavy atom. The lowest BCUT2D eigenvalue weighted by atomic mass is 10.1. The molecule has 2 rings (SSSR count). The molecule has 0 atom stereocenters. The van der Waals surface area contributed by atoms with Gasteiger partial charge in [-0.25, -0.2) is 0 Å². The van der Waals surface area contributed by atoms with Gasteiger partial charge in [0.25, 0.3) is 11.8 Å². The molecule has 0 saturated heterocycles. The lowest BCUT2D eigenvalue weighted by Crippen LogP contribution is -2.23. The van der Waals surface area contributed by atoms with E-state index in [1.54, 1.807) is 30.3 Å². The summed E-state index contributed by atoms with van der Waals surface area (Å²) in [5.41, 5.74) is 2.09. The van der Waals surface area contributed by atoms with Crippen LogP contribution >= 0.6 is 0 Å². The average molecular weight is 326 g/mol. The fourth-order valence-electron chi connectivity index (χ4n) is 2.21. The highest BCUT2D eigenvalue weighted by Gasteiger charge is 2.07. The predicted octanol–water partition coefficient (Wildman–Crippen LogP) is 2.77. The topological polar surface area (TPSA) is 67.4 Å². The SMILES string of the molecule is CCNC(=O)c1ccc(CNC(=O)c2cccc(OCC)c2)cc1. The number of carbonyl (C=O) groups excluding carboxylic acids is 2. The summed E-state index contributed by atoms with van der Waals surface area (Å²) in [6.45, 7) is 5.33. The van der Waals surface area contributed by atoms with Crippen LogP contribution in [0.3, 0.4) is 0 Å². The minimum atomic E-state index is -0.163. The van der Waals surface area contributed by atoms with Gasteiger partial charge in [-0.15, -0.1) is 0 Å². The first-order valence-electron chi connectivity index (χ1n) is 8.02. The Kier molecular flexibility index (Phi) is 6.37. The van der Waals surface area contributed by atoms with Gasteiger partial charge in [-0.2, -0.15) is 0 Å². The number of carbonyl (C=O) groups is 2. The highest BCUT2D eigenvalue weighted by molar-refractivity contribution is 5.95. The molecule has 24 heavy (non-hydrogen) atoms. The van der Waals surface area contributed by atoms with Gasteiger partial charge >= 0.3 is 0 Å². The first-order chi connectivity index (χ1) is 11.6. The van der Waals surface area contributed by atoms with E-state index >= 15 is 0 Å². The highest BCUT2D eigenvalue weighted by Crippen LogP contribution is 2.13. The lowest BCUT2D eigenvalue weighted by Gasteiger charge is -2.08. The Bertz CT molecular complexity index is 696. The van der Waals surface area contributed by atoms with Gasteiger partial charge < -0.3 is 15.4 Å². The molecule has 0 radical (unpaired) electrons. The van der Waals surface area contributed by atoms with Gasteiger partial charge in [-0.1, -0.05) is 18.2 Å². The third kappa shape index (κ3) is 4.84. The van der Waals surface area contributed by atoms with Crippen molar-refractivity contribution in [3.8, 4) is 5.75 Å². The molecule has 0 heterocycles. The third-order valence-corrected chi connectivity index (χ3v) is 3.41. The summed E-state index contributed by atoms with van der Waals surface area (Å²) in [5.74, 6) is 0.418. The van der Waals surface area contributed by atoms with Crippen LogP contribution in [-0.4, -0.2) is 25.0 Å². The normalized spacial score (nSPS) is 10.1. The van der Waals surface area contributed by atoms with E-state index in [1.165, 1.54) is 0 Å². The van der Waals surface area contributed by atoms with Crippen molar-refractivity contribution in [2.45, 2.75) is 20.4 Å². The molecular weight excluding hydrogens is 304 g/mol. The maximum atomic E-state index is 12.2. The van der Waals surface area contributed by atoms with Crippen molar-refractivity contribution in [3.63, 3.8) is 0 Å². The highest BCUT2D eigenvalue weighted by atomic mass is 16.5. The second kappa shape index (κ2) is 8.72. The number of benzene rings is 2. The van der Waals surface area contributed by atoms with Crippen LogP contribution in [-0.2, 0) is 6.54 Å². The Morgan fingerprint density at radius 1 is 0.917 bits per heavy atom. The average Bonchev–Trinajstić information content (AvgIpc) is 2.61. The number of ether oxygens (including phenoxy) is 1. The smallest absolute Gasteiger partial charge is 0.251 e. The summed E-state index contributed by atoms with van der Waals surface area (Å²) >= 11 is 0. The summed E-state index contributed by atoms with van der Waals surface area (Å²) in [4.78, 5) is 23.9. The van der Waals surface area contributed by atoms with E-state index in [9.17, 15) is 9.59 Å². The van der Waals surface area contributed by atoms with E-state index in [0.717, 1.165) is 5.56 Å². The van der Waals surface area contributed by atoms with E-state index in [2.05, 4.69) is 10.6 Å². The molecule has 2 aromatic carbocycles. The van der Waals surface area contributed by atoms with Crippen LogP contribution in [0.2, 0.25) is 0 Å². The summed E-state index contributed by atoms with van der Waals surface area (Å²) < 4.78 is 5.40. The van der Waals surface area contributed by atoms with E-state index < -0.39 is 0 Å². The number of hydrogen-bond acceptors (Lipinski definition) is 3. The Morgan fingerprint density at radius 2 is 1.62 bits per heavy atom. The maximum Gasteiger partial charge on any atom is 0.251 e. The zero-order chi connectivity index (χ0) is 17.4. The van der Waals surface area contributed by atoms with Crippen molar-refractivity contribution >= 4 is 11.8 Å². The molecule has 0 bridgehead atoms. The Balaban J connectivity index is 1.94. The molecule has 0 unspecified atom stereocenters. The molecule has 0 aliphatic heterocycles. The third-order valence-electron chi connectivity index (χ3n) is 3.41. The molecule has 0 aromatic heterocycles. The van der Waals surface area contributed by atoms with Crippen molar-refractivity contribution in [1.82, 2.24) is 10.6 Å². The van der Waals surface area contributed by atoms with Gasteiger partial charge in [0.2, 0.25) is 0 Å². The predicted molar refractivity (Wildman–Crippen MR) is 93.2 cm³/mol. The Labute approximate surface area is 142 Å². The molecule has 126 valence electrons. The zero-order valence-corrected chi connectivity index (χ0v) is 14.0. The summed E-state index contributed by atoms with van der Waals surface area (Å²) in [5, 5.41) is 5.61. The van der Waals surface area contributed by atoms with Gasteiger partial charge in [0, 0.05) is 24.2 Å². The fraction of sp³-hybridized carbons (Fsp3) is 0.263. The first-order valence-corrected chi connectivity index (χ1v) is 8.02. The molecule has 2 aromatic rings.